The van der Waals surface area contributed by atoms with Crippen molar-refractivity contribution in [3.63, 3.8) is 0 Å². The van der Waals surface area contributed by atoms with Gasteiger partial charge in [0.15, 0.2) is 0 Å². The number of piperidine rings is 1. The first-order valence-electron chi connectivity index (χ1n) is 9.09. The highest BCUT2D eigenvalue weighted by Gasteiger charge is 2.37. The Hall–Kier alpha value is -1.70. The van der Waals surface area contributed by atoms with Gasteiger partial charge in [-0.2, -0.15) is 4.31 Å². The van der Waals surface area contributed by atoms with E-state index < -0.39 is 16.1 Å². The van der Waals surface area contributed by atoms with E-state index in [1.807, 2.05) is 24.3 Å². The van der Waals surface area contributed by atoms with Crippen molar-refractivity contribution in [2.24, 2.45) is 0 Å². The molecule has 0 radical (unpaired) electrons. The Kier molecular flexibility index (Phi) is 6.34. The Morgan fingerprint density at radius 2 is 1.78 bits per heavy atom. The molecule has 5 nitrogen and oxygen atoms in total. The van der Waals surface area contributed by atoms with Crippen LogP contribution in [0.5, 0.6) is 0 Å². The molecule has 0 aromatic heterocycles. The second kappa shape index (κ2) is 8.54. The average Bonchev–Trinajstić information content (AvgIpc) is 2.69. The number of benzene rings is 2. The van der Waals surface area contributed by atoms with E-state index in [2.05, 4.69) is 28.2 Å². The van der Waals surface area contributed by atoms with Crippen LogP contribution in [0.4, 0.5) is 5.69 Å². The highest BCUT2D eigenvalue weighted by Crippen LogP contribution is 2.27. The maximum absolute atomic E-state index is 13.1. The number of anilines is 1. The third kappa shape index (κ3) is 4.59. The fourth-order valence-corrected chi connectivity index (χ4v) is 5.17. The first-order chi connectivity index (χ1) is 12.9. The number of sulfonamides is 1. The van der Waals surface area contributed by atoms with Gasteiger partial charge in [-0.05, 0) is 61.2 Å². The highest BCUT2D eigenvalue weighted by molar-refractivity contribution is 9.10. The molecule has 1 fully saturated rings. The largest absolute Gasteiger partial charge is 0.325 e. The Morgan fingerprint density at radius 3 is 2.41 bits per heavy atom. The summed E-state index contributed by atoms with van der Waals surface area (Å²) in [7, 11) is -3.72. The Morgan fingerprint density at radius 1 is 1.11 bits per heavy atom. The summed E-state index contributed by atoms with van der Waals surface area (Å²) in [5.74, 6) is -0.278. The molecule has 3 rings (SSSR count). The van der Waals surface area contributed by atoms with Gasteiger partial charge in [0, 0.05) is 16.7 Å². The van der Waals surface area contributed by atoms with Gasteiger partial charge < -0.3 is 5.32 Å². The predicted octanol–water partition coefficient (Wildman–Crippen LogP) is 4.19. The number of hydrogen-bond acceptors (Lipinski definition) is 3. The van der Waals surface area contributed by atoms with Crippen molar-refractivity contribution in [1.82, 2.24) is 4.31 Å². The minimum Gasteiger partial charge on any atom is -0.325 e. The molecule has 2 aromatic rings. The van der Waals surface area contributed by atoms with Gasteiger partial charge >= 0.3 is 0 Å². The van der Waals surface area contributed by atoms with Crippen LogP contribution < -0.4 is 5.32 Å². The van der Waals surface area contributed by atoms with Crippen LogP contribution >= 0.6 is 15.9 Å². The summed E-state index contributed by atoms with van der Waals surface area (Å²) < 4.78 is 28.3. The third-order valence-corrected chi connectivity index (χ3v) is 7.26. The SMILES string of the molecule is CCc1ccc(NC(=O)[C@@H]2CCCCN2S(=O)(=O)c2ccc(Br)cc2)cc1. The number of hydrogen-bond donors (Lipinski definition) is 1. The van der Waals surface area contributed by atoms with Crippen molar-refractivity contribution in [2.75, 3.05) is 11.9 Å². The molecule has 2 aromatic carbocycles. The van der Waals surface area contributed by atoms with Gasteiger partial charge in [-0.25, -0.2) is 8.42 Å². The smallest absolute Gasteiger partial charge is 0.243 e. The molecule has 1 saturated heterocycles. The van der Waals surface area contributed by atoms with E-state index in [1.165, 1.54) is 9.87 Å². The van der Waals surface area contributed by atoms with E-state index >= 15 is 0 Å². The number of nitrogens with zero attached hydrogens (tertiary/aromatic N) is 1. The first-order valence-corrected chi connectivity index (χ1v) is 11.3. The van der Waals surface area contributed by atoms with Crippen molar-refractivity contribution in [1.29, 1.82) is 0 Å². The molecule has 144 valence electrons. The van der Waals surface area contributed by atoms with Crippen molar-refractivity contribution in [2.45, 2.75) is 43.5 Å². The van der Waals surface area contributed by atoms with E-state index in [9.17, 15) is 13.2 Å². The summed E-state index contributed by atoms with van der Waals surface area (Å²) in [5.41, 5.74) is 1.87. The second-order valence-electron chi connectivity index (χ2n) is 6.62. The molecule has 0 saturated carbocycles. The van der Waals surface area contributed by atoms with Gasteiger partial charge in [-0.15, -0.1) is 0 Å². The predicted molar refractivity (Wildman–Crippen MR) is 110 cm³/mol. The van der Waals surface area contributed by atoms with Crippen molar-refractivity contribution >= 4 is 37.5 Å². The molecule has 1 aliphatic rings. The van der Waals surface area contributed by atoms with E-state index in [-0.39, 0.29) is 10.8 Å². The molecule has 7 heteroatoms. The van der Waals surface area contributed by atoms with Gasteiger partial charge in [-0.3, -0.25) is 4.79 Å². The lowest BCUT2D eigenvalue weighted by molar-refractivity contribution is -0.120. The monoisotopic (exact) mass is 450 g/mol. The molecular weight excluding hydrogens is 428 g/mol. The van der Waals surface area contributed by atoms with Crippen LogP contribution in [-0.4, -0.2) is 31.2 Å². The number of amides is 1. The van der Waals surface area contributed by atoms with Crippen LogP contribution in [-0.2, 0) is 21.2 Å². The van der Waals surface area contributed by atoms with Gasteiger partial charge in [0.05, 0.1) is 4.90 Å². The average molecular weight is 451 g/mol. The van der Waals surface area contributed by atoms with E-state index in [0.717, 1.165) is 23.7 Å². The van der Waals surface area contributed by atoms with Gasteiger partial charge in [-0.1, -0.05) is 41.4 Å². The Bertz CT molecular complexity index is 896. The zero-order valence-electron chi connectivity index (χ0n) is 15.2. The summed E-state index contributed by atoms with van der Waals surface area (Å²) >= 11 is 3.32. The molecule has 0 bridgehead atoms. The zero-order chi connectivity index (χ0) is 19.4. The molecule has 0 spiro atoms. The molecule has 1 aliphatic heterocycles. The molecule has 27 heavy (non-hydrogen) atoms. The molecule has 1 N–H and O–H groups in total. The fraction of sp³-hybridized carbons (Fsp3) is 0.350. The molecule has 1 heterocycles. The lowest BCUT2D eigenvalue weighted by Gasteiger charge is -2.33. The Balaban J connectivity index is 1.81. The maximum Gasteiger partial charge on any atom is 0.243 e. The normalized spacial score (nSPS) is 18.2. The van der Waals surface area contributed by atoms with Crippen LogP contribution in [0.25, 0.3) is 0 Å². The zero-order valence-corrected chi connectivity index (χ0v) is 17.6. The van der Waals surface area contributed by atoms with Crippen molar-refractivity contribution in [3.05, 3.63) is 58.6 Å². The van der Waals surface area contributed by atoms with Crippen molar-refractivity contribution < 1.29 is 13.2 Å². The molecular formula is C20H23BrN2O3S. The van der Waals surface area contributed by atoms with Crippen LogP contribution in [0.15, 0.2) is 57.9 Å². The van der Waals surface area contributed by atoms with Crippen molar-refractivity contribution in [3.8, 4) is 0 Å². The molecule has 0 aliphatic carbocycles. The third-order valence-electron chi connectivity index (χ3n) is 4.81. The topological polar surface area (TPSA) is 66.5 Å². The van der Waals surface area contributed by atoms with E-state index in [4.69, 9.17) is 0 Å². The standard InChI is InChI=1S/C20H23BrN2O3S/c1-2-15-6-10-17(11-7-15)22-20(24)19-5-3-4-14-23(19)27(25,26)18-12-8-16(21)9-13-18/h6-13,19H,2-5,14H2,1H3,(H,22,24)/t19-/m0/s1. The van der Waals surface area contributed by atoms with Crippen LogP contribution in [0.3, 0.4) is 0 Å². The summed E-state index contributed by atoms with van der Waals surface area (Å²) in [6, 6.07) is 13.5. The first kappa shape index (κ1) is 20.0. The molecule has 1 atom stereocenters. The van der Waals surface area contributed by atoms with Crippen LogP contribution in [0.2, 0.25) is 0 Å². The summed E-state index contributed by atoms with van der Waals surface area (Å²) in [6.07, 6.45) is 3.04. The van der Waals surface area contributed by atoms with Crippen LogP contribution in [0.1, 0.15) is 31.7 Å². The van der Waals surface area contributed by atoms with E-state index in [1.54, 1.807) is 24.3 Å². The van der Waals surface area contributed by atoms with Crippen LogP contribution in [0, 0.1) is 0 Å². The number of rotatable bonds is 5. The highest BCUT2D eigenvalue weighted by atomic mass is 79.9. The minimum absolute atomic E-state index is 0.206. The number of aryl methyl sites for hydroxylation is 1. The van der Waals surface area contributed by atoms with E-state index in [0.29, 0.717) is 18.7 Å². The maximum atomic E-state index is 13.1. The summed E-state index contributed by atoms with van der Waals surface area (Å²) in [6.45, 7) is 2.42. The van der Waals surface area contributed by atoms with Gasteiger partial charge in [0.2, 0.25) is 15.9 Å². The van der Waals surface area contributed by atoms with Gasteiger partial charge in [0.1, 0.15) is 6.04 Å². The number of halogens is 1. The quantitative estimate of drug-likeness (QED) is 0.742. The van der Waals surface area contributed by atoms with Gasteiger partial charge in [0.25, 0.3) is 0 Å². The molecule has 1 amide bonds. The Labute approximate surface area is 169 Å². The lowest BCUT2D eigenvalue weighted by Crippen LogP contribution is -2.49. The minimum atomic E-state index is -3.72. The summed E-state index contributed by atoms with van der Waals surface area (Å²) in [5, 5.41) is 2.87. The summed E-state index contributed by atoms with van der Waals surface area (Å²) in [4.78, 5) is 13.0. The number of nitrogens with one attached hydrogen (secondary N) is 1. The number of carbonyl (C=O) groups excluding carboxylic acids is 1. The lowest BCUT2D eigenvalue weighted by atomic mass is 10.0. The fourth-order valence-electron chi connectivity index (χ4n) is 3.25. The second-order valence-corrected chi connectivity index (χ2v) is 9.43. The number of carbonyl (C=O) groups is 1. The molecule has 0 unspecified atom stereocenters.